The number of aliphatic hydroxyl groups excluding tert-OH is 1. The van der Waals surface area contributed by atoms with Crippen LogP contribution < -0.4 is 9.47 Å². The lowest BCUT2D eigenvalue weighted by Crippen LogP contribution is -2.17. The molecule has 0 aliphatic carbocycles. The lowest BCUT2D eigenvalue weighted by Gasteiger charge is -2.12. The van der Waals surface area contributed by atoms with Crippen LogP contribution in [-0.2, 0) is 0 Å². The molecule has 1 aromatic carbocycles. The van der Waals surface area contributed by atoms with E-state index in [1.165, 1.54) is 24.3 Å². The van der Waals surface area contributed by atoms with Gasteiger partial charge in [0.2, 0.25) is 0 Å². The zero-order chi connectivity index (χ0) is 12.9. The van der Waals surface area contributed by atoms with E-state index in [2.05, 4.69) is 4.74 Å². The van der Waals surface area contributed by atoms with Crippen molar-refractivity contribution in [2.75, 3.05) is 13.2 Å². The van der Waals surface area contributed by atoms with Crippen molar-refractivity contribution >= 4 is 0 Å². The van der Waals surface area contributed by atoms with E-state index in [9.17, 15) is 13.2 Å². The lowest BCUT2D eigenvalue weighted by molar-refractivity contribution is -0.274. The Morgan fingerprint density at radius 2 is 1.71 bits per heavy atom. The number of alkyl halides is 3. The predicted octanol–water partition coefficient (Wildman–Crippen LogP) is 2.59. The van der Waals surface area contributed by atoms with Gasteiger partial charge in [-0.25, -0.2) is 0 Å². The normalized spacial score (nSPS) is 13.2. The number of ether oxygens (including phenoxy) is 2. The maximum Gasteiger partial charge on any atom is 0.573 e. The number of hydrogen-bond donors (Lipinski definition) is 1. The highest BCUT2D eigenvalue weighted by molar-refractivity contribution is 5.31. The van der Waals surface area contributed by atoms with Gasteiger partial charge in [-0.15, -0.1) is 13.2 Å². The number of benzene rings is 1. The van der Waals surface area contributed by atoms with Gasteiger partial charge in [0, 0.05) is 12.5 Å². The molecule has 1 atom stereocenters. The molecule has 0 aliphatic heterocycles. The molecule has 0 saturated heterocycles. The van der Waals surface area contributed by atoms with Crippen LogP contribution in [0.3, 0.4) is 0 Å². The fourth-order valence-corrected chi connectivity index (χ4v) is 1.03. The van der Waals surface area contributed by atoms with Gasteiger partial charge < -0.3 is 14.6 Å². The predicted molar refractivity (Wildman–Crippen MR) is 54.9 cm³/mol. The first-order chi connectivity index (χ1) is 7.90. The zero-order valence-corrected chi connectivity index (χ0v) is 9.20. The fourth-order valence-electron chi connectivity index (χ4n) is 1.03. The third-order valence-corrected chi connectivity index (χ3v) is 1.90. The van der Waals surface area contributed by atoms with Crippen LogP contribution in [-0.4, -0.2) is 24.7 Å². The number of halogens is 3. The standard InChI is InChI=1S/C11H13F3O3/c1-8(6-15)7-16-9-2-4-10(5-3-9)17-11(12,13)14/h2-5,8,15H,6-7H2,1H3. The second kappa shape index (κ2) is 5.77. The Balaban J connectivity index is 2.50. The summed E-state index contributed by atoms with van der Waals surface area (Å²) in [6.45, 7) is 2.09. The van der Waals surface area contributed by atoms with Gasteiger partial charge in [-0.2, -0.15) is 0 Å². The van der Waals surface area contributed by atoms with Crippen LogP contribution in [0.2, 0.25) is 0 Å². The van der Waals surface area contributed by atoms with Crippen LogP contribution >= 0.6 is 0 Å². The summed E-state index contributed by atoms with van der Waals surface area (Å²) in [7, 11) is 0. The van der Waals surface area contributed by atoms with Crippen LogP contribution in [0.4, 0.5) is 13.2 Å². The molecule has 0 bridgehead atoms. The smallest absolute Gasteiger partial charge is 0.493 e. The van der Waals surface area contributed by atoms with E-state index >= 15 is 0 Å². The number of rotatable bonds is 5. The molecular weight excluding hydrogens is 237 g/mol. The van der Waals surface area contributed by atoms with Crippen molar-refractivity contribution in [3.63, 3.8) is 0 Å². The quantitative estimate of drug-likeness (QED) is 0.873. The Morgan fingerprint density at radius 1 is 1.18 bits per heavy atom. The van der Waals surface area contributed by atoms with Gasteiger partial charge in [0.1, 0.15) is 11.5 Å². The molecule has 1 N–H and O–H groups in total. The van der Waals surface area contributed by atoms with E-state index in [1.807, 2.05) is 0 Å². The van der Waals surface area contributed by atoms with E-state index in [-0.39, 0.29) is 18.3 Å². The summed E-state index contributed by atoms with van der Waals surface area (Å²) >= 11 is 0. The van der Waals surface area contributed by atoms with Crippen LogP contribution in [0.1, 0.15) is 6.92 Å². The molecule has 3 nitrogen and oxygen atoms in total. The summed E-state index contributed by atoms with van der Waals surface area (Å²) in [5.41, 5.74) is 0. The van der Waals surface area contributed by atoms with Gasteiger partial charge in [-0.05, 0) is 24.3 Å². The van der Waals surface area contributed by atoms with E-state index < -0.39 is 6.36 Å². The third kappa shape index (κ3) is 5.44. The maximum absolute atomic E-state index is 11.9. The average Bonchev–Trinajstić information content (AvgIpc) is 2.25. The summed E-state index contributed by atoms with van der Waals surface area (Å²) in [5, 5.41) is 8.76. The summed E-state index contributed by atoms with van der Waals surface area (Å²) in [5.74, 6) is 0.112. The Bertz CT molecular complexity index is 335. The molecule has 0 aromatic heterocycles. The van der Waals surface area contributed by atoms with E-state index in [1.54, 1.807) is 6.92 Å². The largest absolute Gasteiger partial charge is 0.573 e. The Hall–Kier alpha value is -1.43. The lowest BCUT2D eigenvalue weighted by atomic mass is 10.2. The van der Waals surface area contributed by atoms with Crippen molar-refractivity contribution in [1.29, 1.82) is 0 Å². The molecule has 0 aliphatic rings. The van der Waals surface area contributed by atoms with Gasteiger partial charge in [0.25, 0.3) is 0 Å². The number of hydrogen-bond acceptors (Lipinski definition) is 3. The SMILES string of the molecule is CC(CO)COc1ccc(OC(F)(F)F)cc1. The topological polar surface area (TPSA) is 38.7 Å². The molecule has 0 amide bonds. The molecule has 0 radical (unpaired) electrons. The number of aliphatic hydroxyl groups is 1. The average molecular weight is 250 g/mol. The summed E-state index contributed by atoms with van der Waals surface area (Å²) < 4.78 is 44.5. The molecule has 17 heavy (non-hydrogen) atoms. The monoisotopic (exact) mass is 250 g/mol. The minimum absolute atomic E-state index is 0.00469. The molecule has 6 heteroatoms. The highest BCUT2D eigenvalue weighted by Gasteiger charge is 2.30. The molecule has 1 unspecified atom stereocenters. The van der Waals surface area contributed by atoms with E-state index in [0.717, 1.165) is 0 Å². The Kier molecular flexibility index (Phi) is 4.62. The van der Waals surface area contributed by atoms with Crippen LogP contribution in [0.5, 0.6) is 11.5 Å². The highest BCUT2D eigenvalue weighted by Crippen LogP contribution is 2.24. The van der Waals surface area contributed by atoms with Gasteiger partial charge in [-0.3, -0.25) is 0 Å². The molecular formula is C11H13F3O3. The van der Waals surface area contributed by atoms with Gasteiger partial charge in [-0.1, -0.05) is 6.92 Å². The van der Waals surface area contributed by atoms with Crippen molar-refractivity contribution in [2.24, 2.45) is 5.92 Å². The van der Waals surface area contributed by atoms with Crippen LogP contribution in [0, 0.1) is 5.92 Å². The first kappa shape index (κ1) is 13.6. The van der Waals surface area contributed by atoms with Gasteiger partial charge in [0.05, 0.1) is 6.61 Å². The Labute approximate surface area is 96.8 Å². The molecule has 0 fully saturated rings. The van der Waals surface area contributed by atoms with Crippen molar-refractivity contribution in [3.8, 4) is 11.5 Å². The van der Waals surface area contributed by atoms with Gasteiger partial charge >= 0.3 is 6.36 Å². The molecule has 96 valence electrons. The summed E-state index contributed by atoms with van der Waals surface area (Å²) in [6.07, 6.45) is -4.69. The minimum atomic E-state index is -4.69. The van der Waals surface area contributed by atoms with Crippen LogP contribution in [0.15, 0.2) is 24.3 Å². The second-order valence-corrected chi connectivity index (χ2v) is 3.62. The molecule has 0 heterocycles. The second-order valence-electron chi connectivity index (χ2n) is 3.62. The van der Waals surface area contributed by atoms with Crippen LogP contribution in [0.25, 0.3) is 0 Å². The molecule has 0 saturated carbocycles. The van der Waals surface area contributed by atoms with E-state index in [0.29, 0.717) is 12.4 Å². The Morgan fingerprint density at radius 3 is 2.18 bits per heavy atom. The molecule has 1 aromatic rings. The summed E-state index contributed by atoms with van der Waals surface area (Å²) in [6, 6.07) is 5.11. The molecule has 1 rings (SSSR count). The first-order valence-electron chi connectivity index (χ1n) is 5.00. The molecule has 0 spiro atoms. The first-order valence-corrected chi connectivity index (χ1v) is 5.00. The maximum atomic E-state index is 11.9. The zero-order valence-electron chi connectivity index (χ0n) is 9.20. The van der Waals surface area contributed by atoms with Crippen molar-refractivity contribution in [1.82, 2.24) is 0 Å². The summed E-state index contributed by atoms with van der Waals surface area (Å²) in [4.78, 5) is 0. The van der Waals surface area contributed by atoms with Crippen molar-refractivity contribution in [2.45, 2.75) is 13.3 Å². The fraction of sp³-hybridized carbons (Fsp3) is 0.455. The highest BCUT2D eigenvalue weighted by atomic mass is 19.4. The minimum Gasteiger partial charge on any atom is -0.493 e. The van der Waals surface area contributed by atoms with Crippen molar-refractivity contribution in [3.05, 3.63) is 24.3 Å². The van der Waals surface area contributed by atoms with Crippen molar-refractivity contribution < 1.29 is 27.8 Å². The third-order valence-electron chi connectivity index (χ3n) is 1.90. The van der Waals surface area contributed by atoms with E-state index in [4.69, 9.17) is 9.84 Å². The van der Waals surface area contributed by atoms with Gasteiger partial charge in [0.15, 0.2) is 0 Å².